The van der Waals surface area contributed by atoms with Gasteiger partial charge in [0, 0.05) is 13.1 Å². The van der Waals surface area contributed by atoms with E-state index in [1.54, 1.807) is 31.2 Å². The molecule has 6 nitrogen and oxygen atoms in total. The van der Waals surface area contributed by atoms with E-state index in [4.69, 9.17) is 0 Å². The van der Waals surface area contributed by atoms with Crippen LogP contribution in [0.15, 0.2) is 47.4 Å². The van der Waals surface area contributed by atoms with Gasteiger partial charge in [-0.2, -0.15) is 0 Å². The zero-order chi connectivity index (χ0) is 20.4. The molecule has 1 aliphatic rings. The Hall–Kier alpha value is -1.97. The number of nitrogens with one attached hydrogen (secondary N) is 1. The highest BCUT2D eigenvalue weighted by molar-refractivity contribution is 7.92. The first-order valence-electron chi connectivity index (χ1n) is 9.05. The highest BCUT2D eigenvalue weighted by Gasteiger charge is 2.27. The summed E-state index contributed by atoms with van der Waals surface area (Å²) in [5.41, 5.74) is 1.37. The molecular weight excluding hydrogens is 403 g/mol. The lowest BCUT2D eigenvalue weighted by molar-refractivity contribution is 0.574. The average Bonchev–Trinajstić information content (AvgIpc) is 2.62. The Morgan fingerprint density at radius 2 is 1.89 bits per heavy atom. The fourth-order valence-electron chi connectivity index (χ4n) is 3.27. The summed E-state index contributed by atoms with van der Waals surface area (Å²) in [6, 6.07) is 10.7. The van der Waals surface area contributed by atoms with Crippen molar-refractivity contribution < 1.29 is 21.2 Å². The fraction of sp³-hybridized carbons (Fsp3) is 0.368. The van der Waals surface area contributed by atoms with Crippen molar-refractivity contribution in [1.82, 2.24) is 4.72 Å². The number of hydrogen-bond acceptors (Lipinski definition) is 4. The molecular formula is C19H23FN2O4S2. The molecule has 2 aromatic rings. The Balaban J connectivity index is 1.74. The van der Waals surface area contributed by atoms with Crippen molar-refractivity contribution in [3.8, 4) is 0 Å². The molecule has 0 aliphatic carbocycles. The van der Waals surface area contributed by atoms with E-state index in [1.807, 2.05) is 0 Å². The van der Waals surface area contributed by atoms with E-state index in [-0.39, 0.29) is 29.4 Å². The Morgan fingerprint density at radius 1 is 1.14 bits per heavy atom. The van der Waals surface area contributed by atoms with Crippen LogP contribution in [0.3, 0.4) is 0 Å². The van der Waals surface area contributed by atoms with Crippen LogP contribution >= 0.6 is 0 Å². The summed E-state index contributed by atoms with van der Waals surface area (Å²) in [4.78, 5) is 0.0826. The topological polar surface area (TPSA) is 83.6 Å². The summed E-state index contributed by atoms with van der Waals surface area (Å²) in [5, 5.41) is 0. The summed E-state index contributed by atoms with van der Waals surface area (Å²) < 4.78 is 67.2. The smallest absolute Gasteiger partial charge is 0.240 e. The molecule has 0 amide bonds. The van der Waals surface area contributed by atoms with Gasteiger partial charge in [-0.25, -0.2) is 25.9 Å². The van der Waals surface area contributed by atoms with Gasteiger partial charge in [-0.1, -0.05) is 18.2 Å². The van der Waals surface area contributed by atoms with Crippen molar-refractivity contribution in [1.29, 1.82) is 0 Å². The first-order valence-corrected chi connectivity index (χ1v) is 12.1. The molecule has 0 unspecified atom stereocenters. The second-order valence-corrected chi connectivity index (χ2v) is 10.5. The molecule has 3 rings (SSSR count). The third kappa shape index (κ3) is 4.53. The maximum Gasteiger partial charge on any atom is 0.240 e. The number of nitrogens with zero attached hydrogens (tertiary/aromatic N) is 1. The van der Waals surface area contributed by atoms with Crippen LogP contribution in [0.5, 0.6) is 0 Å². The van der Waals surface area contributed by atoms with Gasteiger partial charge < -0.3 is 0 Å². The van der Waals surface area contributed by atoms with Gasteiger partial charge in [0.2, 0.25) is 20.0 Å². The van der Waals surface area contributed by atoms with Crippen LogP contribution in [-0.2, 0) is 26.5 Å². The minimum Gasteiger partial charge on any atom is -0.270 e. The van der Waals surface area contributed by atoms with Crippen LogP contribution in [0.1, 0.15) is 24.0 Å². The summed E-state index contributed by atoms with van der Waals surface area (Å²) >= 11 is 0. The lowest BCUT2D eigenvalue weighted by Gasteiger charge is -2.28. The van der Waals surface area contributed by atoms with Crippen LogP contribution < -0.4 is 9.03 Å². The third-order valence-corrected chi connectivity index (χ3v) is 8.22. The number of benzene rings is 2. The molecule has 2 aromatic carbocycles. The minimum atomic E-state index is -3.79. The molecule has 1 N–H and O–H groups in total. The van der Waals surface area contributed by atoms with Gasteiger partial charge in [0.15, 0.2) is 0 Å². The molecule has 0 bridgehead atoms. The van der Waals surface area contributed by atoms with Gasteiger partial charge in [-0.15, -0.1) is 0 Å². The van der Waals surface area contributed by atoms with Crippen molar-refractivity contribution in [3.05, 3.63) is 59.4 Å². The normalized spacial score (nSPS) is 16.9. The van der Waals surface area contributed by atoms with Crippen LogP contribution in [0.4, 0.5) is 10.1 Å². The quantitative estimate of drug-likeness (QED) is 0.770. The number of hydrogen-bond donors (Lipinski definition) is 1. The Morgan fingerprint density at radius 3 is 2.57 bits per heavy atom. The van der Waals surface area contributed by atoms with Crippen LogP contribution in [0.25, 0.3) is 0 Å². The minimum absolute atomic E-state index is 0.0605. The monoisotopic (exact) mass is 426 g/mol. The van der Waals surface area contributed by atoms with Crippen molar-refractivity contribution in [2.45, 2.75) is 31.1 Å². The second-order valence-electron chi connectivity index (χ2n) is 6.78. The number of sulfonamides is 2. The molecule has 1 fully saturated rings. The van der Waals surface area contributed by atoms with E-state index < -0.39 is 20.0 Å². The van der Waals surface area contributed by atoms with Gasteiger partial charge >= 0.3 is 0 Å². The van der Waals surface area contributed by atoms with E-state index in [1.165, 1.54) is 22.5 Å². The maximum absolute atomic E-state index is 13.6. The van der Waals surface area contributed by atoms with E-state index in [9.17, 15) is 21.2 Å². The zero-order valence-electron chi connectivity index (χ0n) is 15.6. The van der Waals surface area contributed by atoms with Crippen molar-refractivity contribution >= 4 is 25.7 Å². The molecule has 0 saturated carbocycles. The lowest BCUT2D eigenvalue weighted by atomic mass is 10.1. The maximum atomic E-state index is 13.6. The van der Waals surface area contributed by atoms with Crippen molar-refractivity contribution in [2.75, 3.05) is 23.1 Å². The van der Waals surface area contributed by atoms with E-state index in [0.29, 0.717) is 29.8 Å². The summed E-state index contributed by atoms with van der Waals surface area (Å²) in [6.07, 6.45) is 1.64. The number of anilines is 1. The molecule has 0 aromatic heterocycles. The van der Waals surface area contributed by atoms with Crippen LogP contribution in [0.2, 0.25) is 0 Å². The van der Waals surface area contributed by atoms with Crippen molar-refractivity contribution in [2.24, 2.45) is 0 Å². The first-order chi connectivity index (χ1) is 13.2. The van der Waals surface area contributed by atoms with Gasteiger partial charge in [-0.3, -0.25) is 4.31 Å². The van der Waals surface area contributed by atoms with E-state index >= 15 is 0 Å². The molecule has 28 heavy (non-hydrogen) atoms. The largest absolute Gasteiger partial charge is 0.270 e. The standard InChI is InChI=1S/C19H23FN2O4S2/c1-15-14-17(22-12-4-5-13-27(22,23)24)8-9-19(15)28(25,26)21-11-10-16-6-2-3-7-18(16)20/h2-3,6-9,14,21H,4-5,10-13H2,1H3. The Bertz CT molecular complexity index is 1070. The number of rotatable bonds is 6. The first kappa shape index (κ1) is 20.8. The predicted molar refractivity (Wildman–Crippen MR) is 107 cm³/mol. The molecule has 1 saturated heterocycles. The highest BCUT2D eigenvalue weighted by Crippen LogP contribution is 2.27. The van der Waals surface area contributed by atoms with E-state index in [0.717, 1.165) is 6.42 Å². The van der Waals surface area contributed by atoms with Crippen LogP contribution in [0, 0.1) is 12.7 Å². The number of aryl methyl sites for hydroxylation is 1. The molecule has 1 heterocycles. The molecule has 0 atom stereocenters. The van der Waals surface area contributed by atoms with Gasteiger partial charge in [0.05, 0.1) is 16.3 Å². The van der Waals surface area contributed by atoms with Gasteiger partial charge in [-0.05, 0) is 61.6 Å². The molecule has 0 radical (unpaired) electrons. The van der Waals surface area contributed by atoms with E-state index in [2.05, 4.69) is 4.72 Å². The van der Waals surface area contributed by atoms with Crippen LogP contribution in [-0.4, -0.2) is 35.7 Å². The molecule has 9 heteroatoms. The second kappa shape index (κ2) is 8.18. The summed E-state index contributed by atoms with van der Waals surface area (Å²) in [6.45, 7) is 2.09. The Labute approximate surface area is 165 Å². The Kier molecular flexibility index (Phi) is 6.07. The fourth-order valence-corrected chi connectivity index (χ4v) is 6.16. The molecule has 152 valence electrons. The van der Waals surface area contributed by atoms with Crippen molar-refractivity contribution in [3.63, 3.8) is 0 Å². The van der Waals surface area contributed by atoms with Gasteiger partial charge in [0.1, 0.15) is 5.82 Å². The zero-order valence-corrected chi connectivity index (χ0v) is 17.2. The SMILES string of the molecule is Cc1cc(N2CCCCS2(=O)=O)ccc1S(=O)(=O)NCCc1ccccc1F. The molecule has 0 spiro atoms. The number of halogens is 1. The third-order valence-electron chi connectivity index (χ3n) is 4.73. The predicted octanol–water partition coefficient (Wildman–Crippen LogP) is 2.59. The lowest BCUT2D eigenvalue weighted by Crippen LogP contribution is -2.38. The average molecular weight is 427 g/mol. The highest BCUT2D eigenvalue weighted by atomic mass is 32.2. The van der Waals surface area contributed by atoms with Gasteiger partial charge in [0.25, 0.3) is 0 Å². The summed E-state index contributed by atoms with van der Waals surface area (Å²) in [5.74, 6) is -0.270. The summed E-state index contributed by atoms with van der Waals surface area (Å²) in [7, 11) is -7.15. The molecule has 1 aliphatic heterocycles.